The molecule has 0 saturated heterocycles. The van der Waals surface area contributed by atoms with Crippen LogP contribution in [-0.4, -0.2) is 36.5 Å². The minimum Gasteiger partial charge on any atom is -0.356 e. The van der Waals surface area contributed by atoms with Crippen LogP contribution in [0.1, 0.15) is 15.6 Å². The van der Waals surface area contributed by atoms with Gasteiger partial charge in [0.05, 0.1) is 15.3 Å². The number of thiophene rings is 1. The Hall–Kier alpha value is -0.400. The van der Waals surface area contributed by atoms with Gasteiger partial charge in [-0.3, -0.25) is 4.99 Å². The highest BCUT2D eigenvalue weighted by atomic mass is 127. The summed E-state index contributed by atoms with van der Waals surface area (Å²) in [6.45, 7) is 1.17. The van der Waals surface area contributed by atoms with E-state index in [4.69, 9.17) is 0 Å². The molecule has 0 atom stereocenters. The van der Waals surface area contributed by atoms with Gasteiger partial charge in [0, 0.05) is 37.3 Å². The Kier molecular flexibility index (Phi) is 9.12. The summed E-state index contributed by atoms with van der Waals surface area (Å²) in [7, 11) is 3.59. The van der Waals surface area contributed by atoms with Crippen molar-refractivity contribution in [2.24, 2.45) is 4.99 Å². The van der Waals surface area contributed by atoms with Gasteiger partial charge in [-0.1, -0.05) is 0 Å². The summed E-state index contributed by atoms with van der Waals surface area (Å²) in [6, 6.07) is 4.03. The fraction of sp³-hybridized carbons (Fsp3) is 0.429. The summed E-state index contributed by atoms with van der Waals surface area (Å²) in [5, 5.41) is 4.65. The van der Waals surface area contributed by atoms with Crippen LogP contribution in [0.4, 0.5) is 13.2 Å². The average molecular weight is 569 g/mol. The summed E-state index contributed by atoms with van der Waals surface area (Å²) in [5.41, 5.74) is -0.827. The maximum absolute atomic E-state index is 12.5. The van der Waals surface area contributed by atoms with Gasteiger partial charge in [0.15, 0.2) is 11.7 Å². The van der Waals surface area contributed by atoms with E-state index in [-0.39, 0.29) is 24.0 Å². The van der Waals surface area contributed by atoms with E-state index in [2.05, 4.69) is 31.2 Å². The van der Waals surface area contributed by atoms with Crippen LogP contribution >= 0.6 is 62.6 Å². The number of halogens is 5. The molecule has 2 rings (SSSR count). The highest BCUT2D eigenvalue weighted by Gasteiger charge is 2.33. The molecule has 0 aliphatic carbocycles. The van der Waals surface area contributed by atoms with Crippen LogP contribution in [-0.2, 0) is 19.1 Å². The summed E-state index contributed by atoms with van der Waals surface area (Å²) in [6.07, 6.45) is -3.97. The molecule has 0 unspecified atom stereocenters. The maximum Gasteiger partial charge on any atom is 0.434 e. The van der Waals surface area contributed by atoms with Crippen molar-refractivity contribution in [3.05, 3.63) is 36.9 Å². The van der Waals surface area contributed by atoms with Crippen LogP contribution in [0.2, 0.25) is 0 Å². The highest BCUT2D eigenvalue weighted by molar-refractivity contribution is 14.0. The molecule has 1 N–H and O–H groups in total. The lowest BCUT2D eigenvalue weighted by molar-refractivity contribution is -0.140. The summed E-state index contributed by atoms with van der Waals surface area (Å²) < 4.78 is 38.6. The van der Waals surface area contributed by atoms with Crippen molar-refractivity contribution in [2.75, 3.05) is 20.6 Å². The number of rotatable bonds is 5. The van der Waals surface area contributed by atoms with Crippen molar-refractivity contribution in [1.29, 1.82) is 0 Å². The van der Waals surface area contributed by atoms with E-state index >= 15 is 0 Å². The number of alkyl halides is 3. The van der Waals surface area contributed by atoms with Crippen molar-refractivity contribution < 1.29 is 13.2 Å². The zero-order valence-electron chi connectivity index (χ0n) is 13.4. The first-order chi connectivity index (χ1) is 11.3. The van der Waals surface area contributed by atoms with E-state index in [1.165, 1.54) is 4.88 Å². The molecule has 0 spiro atoms. The molecule has 2 heterocycles. The number of nitrogens with one attached hydrogen (secondary N) is 1. The highest BCUT2D eigenvalue weighted by Crippen LogP contribution is 2.30. The van der Waals surface area contributed by atoms with Crippen molar-refractivity contribution in [1.82, 2.24) is 15.2 Å². The first kappa shape index (κ1) is 22.6. The number of hydrogen-bond acceptors (Lipinski definition) is 4. The Balaban J connectivity index is 0.00000312. The molecule has 4 nitrogen and oxygen atoms in total. The van der Waals surface area contributed by atoms with Crippen LogP contribution in [0.25, 0.3) is 0 Å². The lowest BCUT2D eigenvalue weighted by Gasteiger charge is -2.21. The van der Waals surface area contributed by atoms with Gasteiger partial charge in [-0.15, -0.1) is 46.7 Å². The molecule has 25 heavy (non-hydrogen) atoms. The molecule has 0 aromatic carbocycles. The minimum atomic E-state index is -4.38. The van der Waals surface area contributed by atoms with Crippen LogP contribution in [0.5, 0.6) is 0 Å². The molecule has 0 radical (unpaired) electrons. The lowest BCUT2D eigenvalue weighted by atomic mass is 10.4. The second-order valence-corrected chi connectivity index (χ2v) is 8.40. The third kappa shape index (κ3) is 7.02. The predicted octanol–water partition coefficient (Wildman–Crippen LogP) is 4.85. The Labute approximate surface area is 177 Å². The molecule has 0 saturated carbocycles. The average Bonchev–Trinajstić information content (AvgIpc) is 3.12. The second kappa shape index (κ2) is 10.1. The fourth-order valence-corrected chi connectivity index (χ4v) is 4.31. The molecule has 0 fully saturated rings. The Morgan fingerprint density at radius 2 is 2.12 bits per heavy atom. The smallest absolute Gasteiger partial charge is 0.356 e. The van der Waals surface area contributed by atoms with Gasteiger partial charge in [-0.25, -0.2) is 4.98 Å². The van der Waals surface area contributed by atoms with Gasteiger partial charge in [-0.05, 0) is 28.1 Å². The molecule has 0 aliphatic heterocycles. The van der Waals surface area contributed by atoms with Gasteiger partial charge < -0.3 is 10.2 Å². The number of nitrogens with zero attached hydrogens (tertiary/aromatic N) is 3. The summed E-state index contributed by atoms with van der Waals surface area (Å²) in [5.74, 6) is 0.687. The van der Waals surface area contributed by atoms with E-state index in [0.717, 1.165) is 20.5 Å². The zero-order valence-corrected chi connectivity index (χ0v) is 19.0. The lowest BCUT2D eigenvalue weighted by Crippen LogP contribution is -2.39. The quantitative estimate of drug-likeness (QED) is 0.318. The number of hydrogen-bond donors (Lipinski definition) is 1. The van der Waals surface area contributed by atoms with Crippen molar-refractivity contribution in [3.63, 3.8) is 0 Å². The van der Waals surface area contributed by atoms with Gasteiger partial charge in [0.1, 0.15) is 0 Å². The molecule has 0 aliphatic rings. The predicted molar refractivity (Wildman–Crippen MR) is 111 cm³/mol. The van der Waals surface area contributed by atoms with Gasteiger partial charge >= 0.3 is 6.18 Å². The first-order valence-corrected chi connectivity index (χ1v) is 9.46. The zero-order chi connectivity index (χ0) is 17.7. The van der Waals surface area contributed by atoms with Gasteiger partial charge in [0.2, 0.25) is 0 Å². The second-order valence-electron chi connectivity index (χ2n) is 4.91. The van der Waals surface area contributed by atoms with E-state index < -0.39 is 11.9 Å². The largest absolute Gasteiger partial charge is 0.434 e. The minimum absolute atomic E-state index is 0. The number of aliphatic imine (C=N–C) groups is 1. The van der Waals surface area contributed by atoms with Crippen molar-refractivity contribution >= 4 is 68.5 Å². The standard InChI is InChI=1S/C14H16BrF3N4S2.HI/c1-19-13(22(2)7-9-3-4-11(15)24-9)20-6-5-12-21-10(8-23-12)14(16,17)18;/h3-4,8H,5-7H2,1-2H3,(H,19,20);1H. The molecular formula is C14H17BrF3IN4S2. The normalized spacial score (nSPS) is 12.0. The van der Waals surface area contributed by atoms with Gasteiger partial charge in [0.25, 0.3) is 0 Å². The van der Waals surface area contributed by atoms with Crippen LogP contribution in [0.3, 0.4) is 0 Å². The Morgan fingerprint density at radius 3 is 2.64 bits per heavy atom. The maximum atomic E-state index is 12.5. The monoisotopic (exact) mass is 568 g/mol. The molecule has 11 heteroatoms. The fourth-order valence-electron chi connectivity index (χ4n) is 1.97. The van der Waals surface area contributed by atoms with Crippen LogP contribution in [0, 0.1) is 0 Å². The third-order valence-corrected chi connectivity index (χ3v) is 5.58. The molecule has 2 aromatic heterocycles. The molecule has 0 amide bonds. The number of aromatic nitrogens is 1. The first-order valence-electron chi connectivity index (χ1n) is 6.97. The molecular weight excluding hydrogens is 552 g/mol. The SMILES string of the molecule is CN=C(NCCc1nc(C(F)(F)F)cs1)N(C)Cc1ccc(Br)s1.I. The van der Waals surface area contributed by atoms with Crippen LogP contribution < -0.4 is 5.32 Å². The summed E-state index contributed by atoms with van der Waals surface area (Å²) >= 11 is 6.10. The van der Waals surface area contributed by atoms with E-state index in [1.807, 2.05) is 24.1 Å². The van der Waals surface area contributed by atoms with E-state index in [1.54, 1.807) is 18.4 Å². The van der Waals surface area contributed by atoms with Crippen molar-refractivity contribution in [2.45, 2.75) is 19.1 Å². The summed E-state index contributed by atoms with van der Waals surface area (Å²) in [4.78, 5) is 11.0. The van der Waals surface area contributed by atoms with Crippen LogP contribution in [0.15, 0.2) is 26.3 Å². The molecule has 0 bridgehead atoms. The van der Waals surface area contributed by atoms with Crippen molar-refractivity contribution in [3.8, 4) is 0 Å². The topological polar surface area (TPSA) is 40.5 Å². The van der Waals surface area contributed by atoms with Gasteiger partial charge in [-0.2, -0.15) is 13.2 Å². The Morgan fingerprint density at radius 1 is 1.40 bits per heavy atom. The molecule has 140 valence electrons. The number of thiazole rings is 1. The number of guanidine groups is 1. The molecule has 2 aromatic rings. The van der Waals surface area contributed by atoms with E-state index in [0.29, 0.717) is 30.5 Å². The third-order valence-electron chi connectivity index (χ3n) is 3.06. The Bertz CT molecular complexity index is 702. The van der Waals surface area contributed by atoms with E-state index in [9.17, 15) is 13.2 Å².